The van der Waals surface area contributed by atoms with Gasteiger partial charge in [-0.2, -0.15) is 11.8 Å². The number of hydrogen-bond donors (Lipinski definition) is 1. The van der Waals surface area contributed by atoms with Crippen LogP contribution in [-0.4, -0.2) is 22.3 Å². The lowest BCUT2D eigenvalue weighted by molar-refractivity contribution is 0.0690. The molecule has 1 aromatic rings. The fraction of sp³-hybridized carbons (Fsp3) is 0.250. The summed E-state index contributed by atoms with van der Waals surface area (Å²) in [6.07, 6.45) is 1.95. The topological polar surface area (TPSA) is 50.2 Å². The highest BCUT2D eigenvalue weighted by atomic mass is 32.2. The van der Waals surface area contributed by atoms with Crippen LogP contribution in [0.1, 0.15) is 16.2 Å². The standard InChI is InChI=1S/C8H9NO2S/c1-12-5-6-3-2-4-7(9-6)8(10)11/h2-4H,5H2,1H3,(H,10,11). The number of rotatable bonds is 3. The summed E-state index contributed by atoms with van der Waals surface area (Å²) in [5, 5.41) is 8.61. The van der Waals surface area contributed by atoms with Gasteiger partial charge in [0.25, 0.3) is 0 Å². The van der Waals surface area contributed by atoms with Gasteiger partial charge in [-0.3, -0.25) is 0 Å². The molecule has 0 atom stereocenters. The molecule has 0 spiro atoms. The minimum atomic E-state index is -0.974. The van der Waals surface area contributed by atoms with Gasteiger partial charge in [-0.1, -0.05) is 6.07 Å². The molecule has 12 heavy (non-hydrogen) atoms. The monoisotopic (exact) mass is 183 g/mol. The van der Waals surface area contributed by atoms with Crippen molar-refractivity contribution in [1.82, 2.24) is 4.98 Å². The minimum Gasteiger partial charge on any atom is -0.477 e. The Labute approximate surface area is 74.8 Å². The van der Waals surface area contributed by atoms with Crippen molar-refractivity contribution in [3.63, 3.8) is 0 Å². The molecule has 0 aliphatic heterocycles. The molecule has 1 rings (SSSR count). The van der Waals surface area contributed by atoms with Gasteiger partial charge in [0.15, 0.2) is 0 Å². The minimum absolute atomic E-state index is 0.113. The van der Waals surface area contributed by atoms with E-state index in [2.05, 4.69) is 4.98 Å². The maximum Gasteiger partial charge on any atom is 0.354 e. The lowest BCUT2D eigenvalue weighted by atomic mass is 10.3. The molecule has 0 aromatic carbocycles. The molecule has 1 heterocycles. The molecule has 3 nitrogen and oxygen atoms in total. The van der Waals surface area contributed by atoms with E-state index < -0.39 is 5.97 Å². The Balaban J connectivity index is 2.88. The molecule has 0 amide bonds. The average Bonchev–Trinajstić information content (AvgIpc) is 2.05. The van der Waals surface area contributed by atoms with Crippen molar-refractivity contribution in [3.8, 4) is 0 Å². The molecular weight excluding hydrogens is 174 g/mol. The number of thioether (sulfide) groups is 1. The summed E-state index contributed by atoms with van der Waals surface area (Å²) in [5.41, 5.74) is 0.920. The van der Waals surface area contributed by atoms with Gasteiger partial charge in [0.2, 0.25) is 0 Å². The number of nitrogens with zero attached hydrogens (tertiary/aromatic N) is 1. The summed E-state index contributed by atoms with van der Waals surface area (Å²) in [6, 6.07) is 5.02. The number of hydrogen-bond acceptors (Lipinski definition) is 3. The quantitative estimate of drug-likeness (QED) is 0.774. The highest BCUT2D eigenvalue weighted by Gasteiger charge is 2.03. The molecule has 0 aliphatic rings. The summed E-state index contributed by atoms with van der Waals surface area (Å²) in [6.45, 7) is 0. The Kier molecular flexibility index (Phi) is 3.10. The van der Waals surface area contributed by atoms with Gasteiger partial charge in [-0.25, -0.2) is 9.78 Å². The van der Waals surface area contributed by atoms with Crippen LogP contribution in [0.15, 0.2) is 18.2 Å². The Morgan fingerprint density at radius 1 is 1.67 bits per heavy atom. The number of pyridine rings is 1. The van der Waals surface area contributed by atoms with Crippen molar-refractivity contribution in [2.45, 2.75) is 5.75 Å². The smallest absolute Gasteiger partial charge is 0.354 e. The first kappa shape index (κ1) is 9.06. The van der Waals surface area contributed by atoms with E-state index in [0.717, 1.165) is 11.4 Å². The Morgan fingerprint density at radius 3 is 3.00 bits per heavy atom. The molecule has 0 radical (unpaired) electrons. The third-order valence-electron chi connectivity index (χ3n) is 1.32. The Morgan fingerprint density at radius 2 is 2.42 bits per heavy atom. The molecular formula is C8H9NO2S. The maximum atomic E-state index is 10.5. The predicted octanol–water partition coefficient (Wildman–Crippen LogP) is 1.64. The van der Waals surface area contributed by atoms with Gasteiger partial charge < -0.3 is 5.11 Å². The van der Waals surface area contributed by atoms with E-state index >= 15 is 0 Å². The van der Waals surface area contributed by atoms with Crippen LogP contribution in [0.5, 0.6) is 0 Å². The van der Waals surface area contributed by atoms with Crippen molar-refractivity contribution < 1.29 is 9.90 Å². The molecule has 0 saturated carbocycles. The van der Waals surface area contributed by atoms with E-state index in [4.69, 9.17) is 5.11 Å². The van der Waals surface area contributed by atoms with E-state index in [1.807, 2.05) is 12.3 Å². The Bertz CT molecular complexity index is 288. The molecule has 1 N–H and O–H groups in total. The zero-order valence-electron chi connectivity index (χ0n) is 6.65. The van der Waals surface area contributed by atoms with Crippen molar-refractivity contribution in [3.05, 3.63) is 29.6 Å². The molecule has 0 bridgehead atoms. The van der Waals surface area contributed by atoms with Crippen molar-refractivity contribution >= 4 is 17.7 Å². The summed E-state index contributed by atoms with van der Waals surface area (Å²) in [4.78, 5) is 14.4. The van der Waals surface area contributed by atoms with Crippen LogP contribution in [0, 0.1) is 0 Å². The first-order valence-corrected chi connectivity index (χ1v) is 4.81. The normalized spacial score (nSPS) is 9.75. The summed E-state index contributed by atoms with van der Waals surface area (Å²) >= 11 is 1.62. The summed E-state index contributed by atoms with van der Waals surface area (Å²) in [5.74, 6) is -0.223. The van der Waals surface area contributed by atoms with E-state index in [9.17, 15) is 4.79 Å². The van der Waals surface area contributed by atoms with Gasteiger partial charge in [-0.05, 0) is 18.4 Å². The van der Waals surface area contributed by atoms with Crippen LogP contribution in [0.2, 0.25) is 0 Å². The maximum absolute atomic E-state index is 10.5. The number of aromatic nitrogens is 1. The molecule has 64 valence electrons. The van der Waals surface area contributed by atoms with Crippen LogP contribution in [0.4, 0.5) is 0 Å². The second-order valence-corrected chi connectivity index (χ2v) is 3.12. The predicted molar refractivity (Wildman–Crippen MR) is 48.4 cm³/mol. The number of carboxylic acid groups (broad SMARTS) is 1. The first-order valence-electron chi connectivity index (χ1n) is 3.42. The lowest BCUT2D eigenvalue weighted by Crippen LogP contribution is -2.01. The summed E-state index contributed by atoms with van der Waals surface area (Å²) in [7, 11) is 0. The van der Waals surface area contributed by atoms with Crippen LogP contribution in [-0.2, 0) is 5.75 Å². The molecule has 1 aromatic heterocycles. The zero-order valence-corrected chi connectivity index (χ0v) is 7.47. The molecule has 0 aliphatic carbocycles. The summed E-state index contributed by atoms with van der Waals surface area (Å²) < 4.78 is 0. The highest BCUT2D eigenvalue weighted by molar-refractivity contribution is 7.97. The fourth-order valence-corrected chi connectivity index (χ4v) is 1.28. The van der Waals surface area contributed by atoms with E-state index in [-0.39, 0.29) is 5.69 Å². The van der Waals surface area contributed by atoms with Gasteiger partial charge in [0.05, 0.1) is 5.69 Å². The zero-order chi connectivity index (χ0) is 8.97. The lowest BCUT2D eigenvalue weighted by Gasteiger charge is -1.98. The van der Waals surface area contributed by atoms with E-state index in [1.54, 1.807) is 17.8 Å². The molecule has 0 unspecified atom stereocenters. The van der Waals surface area contributed by atoms with Crippen molar-refractivity contribution in [2.24, 2.45) is 0 Å². The van der Waals surface area contributed by atoms with Crippen molar-refractivity contribution in [2.75, 3.05) is 6.26 Å². The number of carboxylic acids is 1. The second-order valence-electron chi connectivity index (χ2n) is 2.25. The van der Waals surface area contributed by atoms with Gasteiger partial charge in [0.1, 0.15) is 5.69 Å². The molecule has 4 heteroatoms. The number of carbonyl (C=O) groups is 1. The number of aromatic carboxylic acids is 1. The largest absolute Gasteiger partial charge is 0.477 e. The van der Waals surface area contributed by atoms with E-state index in [1.165, 1.54) is 6.07 Å². The fourth-order valence-electron chi connectivity index (χ4n) is 0.827. The first-order chi connectivity index (χ1) is 5.74. The van der Waals surface area contributed by atoms with Crippen LogP contribution < -0.4 is 0 Å². The average molecular weight is 183 g/mol. The highest BCUT2D eigenvalue weighted by Crippen LogP contribution is 2.06. The van der Waals surface area contributed by atoms with Crippen LogP contribution >= 0.6 is 11.8 Å². The second kappa shape index (κ2) is 4.11. The third kappa shape index (κ3) is 2.23. The van der Waals surface area contributed by atoms with Crippen LogP contribution in [0.25, 0.3) is 0 Å². The SMILES string of the molecule is CSCc1cccc(C(=O)O)n1. The molecule has 0 fully saturated rings. The van der Waals surface area contributed by atoms with Crippen molar-refractivity contribution in [1.29, 1.82) is 0 Å². The van der Waals surface area contributed by atoms with Gasteiger partial charge in [-0.15, -0.1) is 0 Å². The van der Waals surface area contributed by atoms with Crippen LogP contribution in [0.3, 0.4) is 0 Å². The van der Waals surface area contributed by atoms with Gasteiger partial charge in [0, 0.05) is 5.75 Å². The van der Waals surface area contributed by atoms with Gasteiger partial charge >= 0.3 is 5.97 Å². The molecule has 0 saturated heterocycles. The van der Waals surface area contributed by atoms with E-state index in [0.29, 0.717) is 0 Å². The Hall–Kier alpha value is -1.03. The third-order valence-corrected chi connectivity index (χ3v) is 1.90.